The van der Waals surface area contributed by atoms with Crippen LogP contribution in [0.2, 0.25) is 0 Å². The standard InChI is InChI=1S/C22H24N8OS/c1-13(2)27-17-8-18(19-6-5-15-7-14(9-23)10-26-30(15)19)24-11-16(17)20-28-29-21(32-20)25-12-22(3,4)31/h5-8,10-11,13,31H,12H2,1-4H3,(H,24,27)(H,25,29). The van der Waals surface area contributed by atoms with Gasteiger partial charge in [0.1, 0.15) is 6.07 Å². The van der Waals surface area contributed by atoms with E-state index >= 15 is 0 Å². The summed E-state index contributed by atoms with van der Waals surface area (Å²) < 4.78 is 1.77. The number of fused-ring (bicyclic) bond motifs is 1. The van der Waals surface area contributed by atoms with E-state index in [1.54, 1.807) is 36.8 Å². The first-order chi connectivity index (χ1) is 15.2. The van der Waals surface area contributed by atoms with Crippen LogP contribution in [0.15, 0.2) is 36.7 Å². The normalized spacial score (nSPS) is 11.7. The van der Waals surface area contributed by atoms with Crippen molar-refractivity contribution >= 4 is 27.7 Å². The number of pyridine rings is 1. The minimum absolute atomic E-state index is 0.199. The summed E-state index contributed by atoms with van der Waals surface area (Å²) in [6.07, 6.45) is 3.32. The topological polar surface area (TPSA) is 124 Å². The smallest absolute Gasteiger partial charge is 0.206 e. The van der Waals surface area contributed by atoms with Gasteiger partial charge in [-0.1, -0.05) is 11.3 Å². The number of aliphatic hydroxyl groups is 1. The summed E-state index contributed by atoms with van der Waals surface area (Å²) in [6.45, 7) is 7.97. The van der Waals surface area contributed by atoms with E-state index in [0.29, 0.717) is 17.2 Å². The number of nitrogens with zero attached hydrogens (tertiary/aromatic N) is 6. The molecule has 10 heteroatoms. The zero-order valence-corrected chi connectivity index (χ0v) is 19.1. The molecule has 0 saturated heterocycles. The highest BCUT2D eigenvalue weighted by molar-refractivity contribution is 7.18. The Labute approximate surface area is 189 Å². The molecule has 4 heterocycles. The van der Waals surface area contributed by atoms with Crippen LogP contribution in [0.1, 0.15) is 33.3 Å². The molecule has 0 aliphatic heterocycles. The Bertz CT molecular complexity index is 1300. The van der Waals surface area contributed by atoms with Crippen LogP contribution in [-0.4, -0.2) is 48.1 Å². The molecule has 0 unspecified atom stereocenters. The quantitative estimate of drug-likeness (QED) is 0.390. The predicted molar refractivity (Wildman–Crippen MR) is 126 cm³/mol. The molecule has 0 aromatic carbocycles. The van der Waals surface area contributed by atoms with Crippen molar-refractivity contribution in [3.05, 3.63) is 42.2 Å². The van der Waals surface area contributed by atoms with Gasteiger partial charge >= 0.3 is 0 Å². The summed E-state index contributed by atoms with van der Waals surface area (Å²) in [5, 5.41) is 39.9. The summed E-state index contributed by atoms with van der Waals surface area (Å²) in [7, 11) is 0. The molecule has 0 aliphatic carbocycles. The lowest BCUT2D eigenvalue weighted by Crippen LogP contribution is -2.29. The third-order valence-corrected chi connectivity index (χ3v) is 5.48. The summed E-state index contributed by atoms with van der Waals surface area (Å²) in [5.74, 6) is 0. The van der Waals surface area contributed by atoms with Crippen LogP contribution in [0.4, 0.5) is 10.8 Å². The second-order valence-corrected chi connectivity index (χ2v) is 9.38. The van der Waals surface area contributed by atoms with Crippen molar-refractivity contribution in [2.75, 3.05) is 17.2 Å². The average Bonchev–Trinajstić information content (AvgIpc) is 3.38. The number of anilines is 2. The van der Waals surface area contributed by atoms with Crippen molar-refractivity contribution < 1.29 is 5.11 Å². The lowest BCUT2D eigenvalue weighted by molar-refractivity contribution is 0.0945. The van der Waals surface area contributed by atoms with Crippen molar-refractivity contribution in [2.24, 2.45) is 0 Å². The van der Waals surface area contributed by atoms with Gasteiger partial charge < -0.3 is 15.7 Å². The van der Waals surface area contributed by atoms with Crippen LogP contribution >= 0.6 is 11.3 Å². The molecule has 0 atom stereocenters. The Kier molecular flexibility index (Phi) is 5.78. The molecule has 0 fully saturated rings. The number of hydrogen-bond acceptors (Lipinski definition) is 9. The first-order valence-corrected chi connectivity index (χ1v) is 11.0. The Morgan fingerprint density at radius 2 is 2.03 bits per heavy atom. The fraction of sp³-hybridized carbons (Fsp3) is 0.318. The number of nitriles is 1. The molecule has 4 aromatic rings. The average molecular weight is 449 g/mol. The van der Waals surface area contributed by atoms with Crippen LogP contribution in [0.3, 0.4) is 0 Å². The van der Waals surface area contributed by atoms with E-state index in [1.807, 2.05) is 18.2 Å². The lowest BCUT2D eigenvalue weighted by Gasteiger charge is -2.16. The van der Waals surface area contributed by atoms with E-state index < -0.39 is 5.60 Å². The zero-order valence-electron chi connectivity index (χ0n) is 18.3. The van der Waals surface area contributed by atoms with E-state index in [1.165, 1.54) is 11.3 Å². The molecule has 0 amide bonds. The number of rotatable bonds is 7. The second-order valence-electron chi connectivity index (χ2n) is 8.40. The highest BCUT2D eigenvalue weighted by Crippen LogP contribution is 2.34. The molecule has 4 aromatic heterocycles. The number of nitrogens with one attached hydrogen (secondary N) is 2. The van der Waals surface area contributed by atoms with Crippen LogP contribution in [0.5, 0.6) is 0 Å². The number of aromatic nitrogens is 5. The van der Waals surface area contributed by atoms with Crippen molar-refractivity contribution in [3.8, 4) is 28.0 Å². The highest BCUT2D eigenvalue weighted by Gasteiger charge is 2.18. The van der Waals surface area contributed by atoms with Crippen molar-refractivity contribution in [2.45, 2.75) is 39.3 Å². The Balaban J connectivity index is 1.70. The van der Waals surface area contributed by atoms with Gasteiger partial charge in [0, 0.05) is 24.5 Å². The summed E-state index contributed by atoms with van der Waals surface area (Å²) in [6, 6.07) is 9.93. The molecular weight excluding hydrogens is 424 g/mol. The fourth-order valence-corrected chi connectivity index (χ4v) is 3.91. The molecule has 164 valence electrons. The molecule has 0 radical (unpaired) electrons. The van der Waals surface area contributed by atoms with Gasteiger partial charge in [-0.2, -0.15) is 10.4 Å². The largest absolute Gasteiger partial charge is 0.389 e. The molecule has 3 N–H and O–H groups in total. The third-order valence-electron chi connectivity index (χ3n) is 4.57. The van der Waals surface area contributed by atoms with E-state index in [0.717, 1.165) is 33.2 Å². The van der Waals surface area contributed by atoms with Crippen LogP contribution < -0.4 is 10.6 Å². The SMILES string of the molecule is CC(C)Nc1cc(-c2ccc3cc(C#N)cnn23)ncc1-c1nnc(NCC(C)(C)O)s1. The van der Waals surface area contributed by atoms with Crippen molar-refractivity contribution in [3.63, 3.8) is 0 Å². The van der Waals surface area contributed by atoms with E-state index in [2.05, 4.69) is 50.8 Å². The van der Waals surface area contributed by atoms with E-state index in [4.69, 9.17) is 5.26 Å². The fourth-order valence-electron chi connectivity index (χ4n) is 3.15. The second kappa shape index (κ2) is 8.53. The van der Waals surface area contributed by atoms with Gasteiger partial charge in [-0.3, -0.25) is 4.98 Å². The molecule has 0 bridgehead atoms. The van der Waals surface area contributed by atoms with Gasteiger partial charge in [-0.25, -0.2) is 4.52 Å². The predicted octanol–water partition coefficient (Wildman–Crippen LogP) is 3.79. The maximum Gasteiger partial charge on any atom is 0.206 e. The molecule has 0 spiro atoms. The summed E-state index contributed by atoms with van der Waals surface area (Å²) in [4.78, 5) is 4.67. The van der Waals surface area contributed by atoms with Gasteiger partial charge in [0.2, 0.25) is 5.13 Å². The zero-order chi connectivity index (χ0) is 22.9. The van der Waals surface area contributed by atoms with E-state index in [-0.39, 0.29) is 6.04 Å². The summed E-state index contributed by atoms with van der Waals surface area (Å²) in [5.41, 5.74) is 3.80. The lowest BCUT2D eigenvalue weighted by atomic mass is 10.1. The van der Waals surface area contributed by atoms with Crippen molar-refractivity contribution in [1.29, 1.82) is 5.26 Å². The van der Waals surface area contributed by atoms with Gasteiger partial charge in [-0.05, 0) is 52.0 Å². The monoisotopic (exact) mass is 448 g/mol. The molecule has 9 nitrogen and oxygen atoms in total. The van der Waals surface area contributed by atoms with Crippen LogP contribution in [0, 0.1) is 11.3 Å². The highest BCUT2D eigenvalue weighted by atomic mass is 32.1. The Morgan fingerprint density at radius 1 is 1.22 bits per heavy atom. The number of hydrogen-bond donors (Lipinski definition) is 3. The molecule has 32 heavy (non-hydrogen) atoms. The Morgan fingerprint density at radius 3 is 2.75 bits per heavy atom. The van der Waals surface area contributed by atoms with Gasteiger partial charge in [-0.15, -0.1) is 10.2 Å². The molecule has 0 aliphatic rings. The minimum Gasteiger partial charge on any atom is -0.389 e. The third kappa shape index (κ3) is 4.69. The first-order valence-electron chi connectivity index (χ1n) is 10.2. The Hall–Kier alpha value is -3.55. The van der Waals surface area contributed by atoms with Gasteiger partial charge in [0.05, 0.1) is 39.8 Å². The van der Waals surface area contributed by atoms with Crippen LogP contribution in [0.25, 0.3) is 27.5 Å². The maximum absolute atomic E-state index is 9.92. The molecule has 4 rings (SSSR count). The van der Waals surface area contributed by atoms with Crippen LogP contribution in [-0.2, 0) is 0 Å². The van der Waals surface area contributed by atoms with Gasteiger partial charge in [0.15, 0.2) is 5.01 Å². The minimum atomic E-state index is -0.846. The van der Waals surface area contributed by atoms with Gasteiger partial charge in [0.25, 0.3) is 0 Å². The first kappa shape index (κ1) is 21.7. The summed E-state index contributed by atoms with van der Waals surface area (Å²) >= 11 is 1.41. The van der Waals surface area contributed by atoms with E-state index in [9.17, 15) is 5.11 Å². The van der Waals surface area contributed by atoms with Crippen molar-refractivity contribution in [1.82, 2.24) is 24.8 Å². The molecule has 0 saturated carbocycles. The maximum atomic E-state index is 9.92. The molecular formula is C22H24N8OS.